The number of likely N-dealkylation sites (N-methyl/N-ethyl adjacent to an activating group) is 1. The minimum Gasteiger partial charge on any atom is -0.321 e. The highest BCUT2D eigenvalue weighted by atomic mass is 32.1. The van der Waals surface area contributed by atoms with Gasteiger partial charge in [0.05, 0.1) is 10.6 Å². The number of benzene rings is 1. The molecule has 0 spiro atoms. The maximum absolute atomic E-state index is 12.8. The standard InChI is InChI=1S/C21H23N3O3S/c1-23-13-19(25)24(21(23)27)16-9-6-8-15(12-16)22-20(26)18-11-14-7-4-2-3-5-10-17(14)28-18/h6,8-9,11-12H,2-5,7,10,13H2,1H3,(H,22,26). The summed E-state index contributed by atoms with van der Waals surface area (Å²) in [6.07, 6.45) is 6.97. The lowest BCUT2D eigenvalue weighted by Gasteiger charge is -2.15. The van der Waals surface area contributed by atoms with Gasteiger partial charge in [0.15, 0.2) is 0 Å². The van der Waals surface area contributed by atoms with Gasteiger partial charge >= 0.3 is 6.03 Å². The van der Waals surface area contributed by atoms with E-state index in [1.807, 2.05) is 6.07 Å². The third-order valence-corrected chi connectivity index (χ3v) is 6.46. The van der Waals surface area contributed by atoms with Gasteiger partial charge in [0.1, 0.15) is 6.54 Å². The van der Waals surface area contributed by atoms with E-state index < -0.39 is 0 Å². The molecule has 1 aromatic carbocycles. The fourth-order valence-corrected chi connectivity index (χ4v) is 4.89. The number of nitrogens with one attached hydrogen (secondary N) is 1. The molecule has 1 fully saturated rings. The fourth-order valence-electron chi connectivity index (χ4n) is 3.74. The van der Waals surface area contributed by atoms with Gasteiger partial charge in [-0.2, -0.15) is 0 Å². The summed E-state index contributed by atoms with van der Waals surface area (Å²) in [5.74, 6) is -0.417. The SMILES string of the molecule is CN1CC(=O)N(c2cccc(NC(=O)c3cc4c(s3)CCCCCC4)c2)C1=O. The second-order valence-electron chi connectivity index (χ2n) is 7.35. The summed E-state index contributed by atoms with van der Waals surface area (Å²) in [7, 11) is 1.59. The Bertz CT molecular complexity index is 911. The van der Waals surface area contributed by atoms with Crippen LogP contribution in [0.1, 0.15) is 45.8 Å². The molecule has 0 atom stereocenters. The van der Waals surface area contributed by atoms with Crippen molar-refractivity contribution in [1.29, 1.82) is 0 Å². The topological polar surface area (TPSA) is 69.7 Å². The molecule has 1 aliphatic heterocycles. The first-order valence-electron chi connectivity index (χ1n) is 9.64. The zero-order chi connectivity index (χ0) is 19.7. The third kappa shape index (κ3) is 3.67. The van der Waals surface area contributed by atoms with Gasteiger partial charge in [-0.1, -0.05) is 18.9 Å². The Labute approximate surface area is 168 Å². The molecule has 1 aromatic heterocycles. The number of carbonyl (C=O) groups excluding carboxylic acids is 3. The molecule has 1 saturated heterocycles. The number of fused-ring (bicyclic) bond motifs is 1. The summed E-state index contributed by atoms with van der Waals surface area (Å²) in [6.45, 7) is 0.0656. The Morgan fingerprint density at radius 3 is 2.61 bits per heavy atom. The van der Waals surface area contributed by atoms with Crippen molar-refractivity contribution in [3.63, 3.8) is 0 Å². The molecule has 2 heterocycles. The normalized spacial score (nSPS) is 17.3. The maximum atomic E-state index is 12.8. The van der Waals surface area contributed by atoms with E-state index in [0.29, 0.717) is 16.3 Å². The summed E-state index contributed by atoms with van der Waals surface area (Å²) in [5, 5.41) is 2.91. The van der Waals surface area contributed by atoms with Crippen molar-refractivity contribution in [3.05, 3.63) is 45.6 Å². The van der Waals surface area contributed by atoms with Crippen molar-refractivity contribution in [1.82, 2.24) is 4.90 Å². The van der Waals surface area contributed by atoms with Crippen molar-refractivity contribution in [3.8, 4) is 0 Å². The monoisotopic (exact) mass is 397 g/mol. The summed E-state index contributed by atoms with van der Waals surface area (Å²) < 4.78 is 0. The lowest BCUT2D eigenvalue weighted by Crippen LogP contribution is -2.31. The molecule has 0 saturated carbocycles. The van der Waals surface area contributed by atoms with E-state index in [1.54, 1.807) is 42.6 Å². The van der Waals surface area contributed by atoms with Gasteiger partial charge in [-0.3, -0.25) is 9.59 Å². The Balaban J connectivity index is 1.52. The smallest absolute Gasteiger partial charge is 0.321 e. The summed E-state index contributed by atoms with van der Waals surface area (Å²) in [4.78, 5) is 41.6. The molecule has 6 nitrogen and oxygen atoms in total. The van der Waals surface area contributed by atoms with Gasteiger partial charge in [-0.05, 0) is 55.5 Å². The van der Waals surface area contributed by atoms with Gasteiger partial charge < -0.3 is 10.2 Å². The van der Waals surface area contributed by atoms with Gasteiger partial charge in [0.25, 0.3) is 11.8 Å². The molecule has 146 valence electrons. The number of aryl methyl sites for hydroxylation is 2. The predicted octanol–water partition coefficient (Wildman–Crippen LogP) is 4.06. The van der Waals surface area contributed by atoms with Crippen molar-refractivity contribution in [2.75, 3.05) is 23.8 Å². The van der Waals surface area contributed by atoms with E-state index >= 15 is 0 Å². The van der Waals surface area contributed by atoms with Crippen LogP contribution in [0.5, 0.6) is 0 Å². The molecule has 4 rings (SSSR count). The van der Waals surface area contributed by atoms with Gasteiger partial charge in [-0.15, -0.1) is 11.3 Å². The van der Waals surface area contributed by atoms with Crippen molar-refractivity contribution in [2.24, 2.45) is 0 Å². The van der Waals surface area contributed by atoms with Gasteiger partial charge in [0, 0.05) is 17.6 Å². The molecule has 28 heavy (non-hydrogen) atoms. The lowest BCUT2D eigenvalue weighted by atomic mass is 10.00. The highest BCUT2D eigenvalue weighted by molar-refractivity contribution is 7.14. The summed E-state index contributed by atoms with van der Waals surface area (Å²) in [5.41, 5.74) is 2.34. The Morgan fingerprint density at radius 1 is 1.07 bits per heavy atom. The first-order chi connectivity index (χ1) is 13.5. The minimum atomic E-state index is -0.355. The van der Waals surface area contributed by atoms with Gasteiger partial charge in [-0.25, -0.2) is 9.69 Å². The first kappa shape index (κ1) is 18.7. The number of rotatable bonds is 3. The zero-order valence-electron chi connectivity index (χ0n) is 15.9. The van der Waals surface area contributed by atoms with Crippen LogP contribution in [0, 0.1) is 0 Å². The summed E-state index contributed by atoms with van der Waals surface area (Å²) in [6, 6.07) is 8.52. The average molecular weight is 398 g/mol. The largest absolute Gasteiger partial charge is 0.331 e. The molecule has 7 heteroatoms. The second-order valence-corrected chi connectivity index (χ2v) is 8.48. The van der Waals surface area contributed by atoms with Crippen LogP contribution in [0.15, 0.2) is 30.3 Å². The number of imide groups is 1. The molecule has 0 radical (unpaired) electrons. The van der Waals surface area contributed by atoms with Crippen molar-refractivity contribution < 1.29 is 14.4 Å². The van der Waals surface area contributed by atoms with E-state index in [4.69, 9.17) is 0 Å². The Morgan fingerprint density at radius 2 is 1.86 bits per heavy atom. The predicted molar refractivity (Wildman–Crippen MR) is 110 cm³/mol. The Hall–Kier alpha value is -2.67. The molecule has 0 unspecified atom stereocenters. The van der Waals surface area contributed by atoms with E-state index in [1.165, 1.54) is 41.0 Å². The third-order valence-electron chi connectivity index (χ3n) is 5.22. The molecular formula is C21H23N3O3S. The van der Waals surface area contributed by atoms with Crippen LogP contribution in [0.2, 0.25) is 0 Å². The van der Waals surface area contributed by atoms with E-state index in [-0.39, 0.29) is 24.4 Å². The number of hydrogen-bond acceptors (Lipinski definition) is 4. The molecule has 4 amide bonds. The van der Waals surface area contributed by atoms with E-state index in [2.05, 4.69) is 5.32 Å². The molecule has 1 aliphatic carbocycles. The maximum Gasteiger partial charge on any atom is 0.331 e. The zero-order valence-corrected chi connectivity index (χ0v) is 16.7. The molecule has 2 aromatic rings. The number of urea groups is 1. The molecule has 1 N–H and O–H groups in total. The van der Waals surface area contributed by atoms with Crippen LogP contribution >= 0.6 is 11.3 Å². The van der Waals surface area contributed by atoms with Crippen LogP contribution < -0.4 is 10.2 Å². The number of nitrogens with zero attached hydrogens (tertiary/aromatic N) is 2. The van der Waals surface area contributed by atoms with Crippen molar-refractivity contribution in [2.45, 2.75) is 38.5 Å². The van der Waals surface area contributed by atoms with E-state index in [9.17, 15) is 14.4 Å². The number of thiophene rings is 1. The number of hydrogen-bond donors (Lipinski definition) is 1. The minimum absolute atomic E-state index is 0.0656. The van der Waals surface area contributed by atoms with Crippen LogP contribution in [-0.4, -0.2) is 36.3 Å². The fraction of sp³-hybridized carbons (Fsp3) is 0.381. The molecular weight excluding hydrogens is 374 g/mol. The summed E-state index contributed by atoms with van der Waals surface area (Å²) >= 11 is 1.58. The first-order valence-corrected chi connectivity index (χ1v) is 10.5. The molecule has 2 aliphatic rings. The van der Waals surface area contributed by atoms with E-state index in [0.717, 1.165) is 17.7 Å². The lowest BCUT2D eigenvalue weighted by molar-refractivity contribution is -0.116. The second kappa shape index (κ2) is 7.75. The number of amides is 4. The number of carbonyl (C=O) groups is 3. The highest BCUT2D eigenvalue weighted by Gasteiger charge is 2.34. The van der Waals surface area contributed by atoms with Crippen LogP contribution in [0.3, 0.4) is 0 Å². The highest BCUT2D eigenvalue weighted by Crippen LogP contribution is 2.30. The molecule has 0 bridgehead atoms. The van der Waals surface area contributed by atoms with Crippen LogP contribution in [0.4, 0.5) is 16.2 Å². The average Bonchev–Trinajstić information content (AvgIpc) is 3.15. The quantitative estimate of drug-likeness (QED) is 0.794. The van der Waals surface area contributed by atoms with Gasteiger partial charge in [0.2, 0.25) is 0 Å². The van der Waals surface area contributed by atoms with Crippen LogP contribution in [0.25, 0.3) is 0 Å². The number of anilines is 2. The Kier molecular flexibility index (Phi) is 5.17. The van der Waals surface area contributed by atoms with Crippen molar-refractivity contribution >= 4 is 40.6 Å². The van der Waals surface area contributed by atoms with Crippen LogP contribution in [-0.2, 0) is 17.6 Å².